The fourth-order valence-electron chi connectivity index (χ4n) is 4.21. The summed E-state index contributed by atoms with van der Waals surface area (Å²) in [4.78, 5) is 29.6. The van der Waals surface area contributed by atoms with Gasteiger partial charge in [0.2, 0.25) is 11.9 Å². The van der Waals surface area contributed by atoms with E-state index in [1.165, 1.54) is 0 Å². The van der Waals surface area contributed by atoms with Crippen LogP contribution in [0.2, 0.25) is 0 Å². The predicted octanol–water partition coefficient (Wildman–Crippen LogP) is 2.18. The zero-order valence-corrected chi connectivity index (χ0v) is 15.0. The lowest BCUT2D eigenvalue weighted by Gasteiger charge is -2.34. The molecule has 2 aromatic rings. The SMILES string of the molecule is O=C(Cc1ccncc1)N1CC[C@@H](C2CCN(c3ncccn3)CC2)C1. The van der Waals surface area contributed by atoms with Gasteiger partial charge in [0.1, 0.15) is 0 Å². The molecular weight excluding hydrogens is 326 g/mol. The van der Waals surface area contributed by atoms with Gasteiger partial charge in [0.25, 0.3) is 0 Å². The largest absolute Gasteiger partial charge is 0.342 e. The van der Waals surface area contributed by atoms with Gasteiger partial charge in [-0.1, -0.05) is 0 Å². The van der Waals surface area contributed by atoms with Crippen LogP contribution < -0.4 is 4.90 Å². The van der Waals surface area contributed by atoms with Crippen molar-refractivity contribution in [3.63, 3.8) is 0 Å². The summed E-state index contributed by atoms with van der Waals surface area (Å²) in [6, 6.07) is 5.70. The van der Waals surface area contributed by atoms with Crippen molar-refractivity contribution in [3.05, 3.63) is 48.5 Å². The lowest BCUT2D eigenvalue weighted by molar-refractivity contribution is -0.129. The average molecular weight is 351 g/mol. The van der Waals surface area contributed by atoms with Gasteiger partial charge < -0.3 is 9.80 Å². The Balaban J connectivity index is 1.27. The maximum Gasteiger partial charge on any atom is 0.227 e. The molecular formula is C20H25N5O. The van der Waals surface area contributed by atoms with Crippen molar-refractivity contribution >= 4 is 11.9 Å². The van der Waals surface area contributed by atoms with E-state index in [-0.39, 0.29) is 5.91 Å². The number of nitrogens with zero attached hydrogens (tertiary/aromatic N) is 5. The van der Waals surface area contributed by atoms with Crippen molar-refractivity contribution < 1.29 is 4.79 Å². The number of rotatable bonds is 4. The first-order valence-corrected chi connectivity index (χ1v) is 9.48. The molecule has 6 heteroatoms. The Morgan fingerprint density at radius 2 is 1.65 bits per heavy atom. The van der Waals surface area contributed by atoms with Crippen molar-refractivity contribution in [1.29, 1.82) is 0 Å². The molecule has 2 fully saturated rings. The molecule has 2 aromatic heterocycles. The van der Waals surface area contributed by atoms with E-state index in [2.05, 4.69) is 24.8 Å². The van der Waals surface area contributed by atoms with Crippen LogP contribution in [0.4, 0.5) is 5.95 Å². The molecule has 0 spiro atoms. The van der Waals surface area contributed by atoms with Gasteiger partial charge in [0.05, 0.1) is 6.42 Å². The summed E-state index contributed by atoms with van der Waals surface area (Å²) in [5.74, 6) is 2.42. The van der Waals surface area contributed by atoms with Crippen molar-refractivity contribution in [3.8, 4) is 0 Å². The molecule has 0 aliphatic carbocycles. The van der Waals surface area contributed by atoms with Crippen molar-refractivity contribution in [2.75, 3.05) is 31.1 Å². The van der Waals surface area contributed by atoms with Crippen molar-refractivity contribution in [2.45, 2.75) is 25.7 Å². The zero-order chi connectivity index (χ0) is 17.8. The van der Waals surface area contributed by atoms with E-state index in [9.17, 15) is 4.79 Å². The van der Waals surface area contributed by atoms with Gasteiger partial charge >= 0.3 is 0 Å². The van der Waals surface area contributed by atoms with Crippen LogP contribution in [0.1, 0.15) is 24.8 Å². The predicted molar refractivity (Wildman–Crippen MR) is 99.6 cm³/mol. The molecule has 2 aliphatic heterocycles. The van der Waals surface area contributed by atoms with Crippen LogP contribution in [0.5, 0.6) is 0 Å². The number of anilines is 1. The van der Waals surface area contributed by atoms with E-state index in [0.29, 0.717) is 18.3 Å². The highest BCUT2D eigenvalue weighted by molar-refractivity contribution is 5.79. The Hall–Kier alpha value is -2.50. The quantitative estimate of drug-likeness (QED) is 0.845. The van der Waals surface area contributed by atoms with E-state index < -0.39 is 0 Å². The van der Waals surface area contributed by atoms with Crippen LogP contribution in [0.25, 0.3) is 0 Å². The monoisotopic (exact) mass is 351 g/mol. The number of carbonyl (C=O) groups excluding carboxylic acids is 1. The van der Waals surface area contributed by atoms with Gasteiger partial charge in [-0.05, 0) is 54.9 Å². The summed E-state index contributed by atoms with van der Waals surface area (Å²) in [6.45, 7) is 3.83. The normalized spacial score (nSPS) is 21.2. The second-order valence-electron chi connectivity index (χ2n) is 7.29. The van der Waals surface area contributed by atoms with Crippen LogP contribution in [0.15, 0.2) is 43.0 Å². The molecule has 4 rings (SSSR count). The maximum absolute atomic E-state index is 12.6. The summed E-state index contributed by atoms with van der Waals surface area (Å²) in [5, 5.41) is 0. The van der Waals surface area contributed by atoms with Crippen molar-refractivity contribution in [2.24, 2.45) is 11.8 Å². The third-order valence-electron chi connectivity index (χ3n) is 5.72. The molecule has 4 heterocycles. The number of aromatic nitrogens is 3. The molecule has 1 atom stereocenters. The number of carbonyl (C=O) groups is 1. The minimum absolute atomic E-state index is 0.244. The molecule has 0 radical (unpaired) electrons. The minimum Gasteiger partial charge on any atom is -0.342 e. The molecule has 0 saturated carbocycles. The Morgan fingerprint density at radius 3 is 2.38 bits per heavy atom. The lowest BCUT2D eigenvalue weighted by Crippen LogP contribution is -2.38. The third kappa shape index (κ3) is 3.84. The van der Waals surface area contributed by atoms with E-state index in [1.807, 2.05) is 18.2 Å². The van der Waals surface area contributed by atoms with Gasteiger partial charge in [0, 0.05) is 51.0 Å². The number of hydrogen-bond donors (Lipinski definition) is 0. The molecule has 2 aliphatic rings. The first-order chi connectivity index (χ1) is 12.8. The topological polar surface area (TPSA) is 62.2 Å². The Bertz CT molecular complexity index is 715. The molecule has 26 heavy (non-hydrogen) atoms. The standard InChI is InChI=1S/C20H25N5O/c26-19(14-16-2-9-21-10-3-16)25-13-6-18(15-25)17-4-11-24(12-5-17)20-22-7-1-8-23-20/h1-3,7-10,17-18H,4-6,11-15H2/t18-/m1/s1. The minimum atomic E-state index is 0.244. The molecule has 0 aromatic carbocycles. The molecule has 0 N–H and O–H groups in total. The van der Waals surface area contributed by atoms with Gasteiger partial charge in [-0.15, -0.1) is 0 Å². The van der Waals surface area contributed by atoms with Gasteiger partial charge in [-0.3, -0.25) is 9.78 Å². The van der Waals surface area contributed by atoms with Crippen LogP contribution in [0, 0.1) is 11.8 Å². The molecule has 6 nitrogen and oxygen atoms in total. The second-order valence-corrected chi connectivity index (χ2v) is 7.29. The summed E-state index contributed by atoms with van der Waals surface area (Å²) in [6.07, 6.45) is 11.0. The molecule has 2 saturated heterocycles. The Labute approximate surface area is 154 Å². The summed E-state index contributed by atoms with van der Waals surface area (Å²) in [7, 11) is 0. The van der Waals surface area contributed by atoms with E-state index in [0.717, 1.165) is 57.0 Å². The molecule has 0 unspecified atom stereocenters. The lowest BCUT2D eigenvalue weighted by atomic mass is 9.84. The summed E-state index contributed by atoms with van der Waals surface area (Å²) >= 11 is 0. The molecule has 1 amide bonds. The first-order valence-electron chi connectivity index (χ1n) is 9.48. The highest BCUT2D eigenvalue weighted by atomic mass is 16.2. The smallest absolute Gasteiger partial charge is 0.227 e. The summed E-state index contributed by atoms with van der Waals surface area (Å²) < 4.78 is 0. The highest BCUT2D eigenvalue weighted by Gasteiger charge is 2.33. The number of piperidine rings is 1. The highest BCUT2D eigenvalue weighted by Crippen LogP contribution is 2.32. The van der Waals surface area contributed by atoms with E-state index in [4.69, 9.17) is 0 Å². The number of amides is 1. The molecule has 0 bridgehead atoms. The van der Waals surface area contributed by atoms with Crippen LogP contribution in [-0.4, -0.2) is 51.9 Å². The number of hydrogen-bond acceptors (Lipinski definition) is 5. The fraction of sp³-hybridized carbons (Fsp3) is 0.500. The van der Waals surface area contributed by atoms with Crippen LogP contribution in [-0.2, 0) is 11.2 Å². The van der Waals surface area contributed by atoms with Gasteiger partial charge in [-0.25, -0.2) is 9.97 Å². The van der Waals surface area contributed by atoms with Gasteiger partial charge in [-0.2, -0.15) is 0 Å². The average Bonchev–Trinajstić information content (AvgIpc) is 3.20. The third-order valence-corrected chi connectivity index (χ3v) is 5.72. The first kappa shape index (κ1) is 16.9. The Kier molecular flexibility index (Phi) is 5.09. The van der Waals surface area contributed by atoms with Crippen LogP contribution >= 0.6 is 0 Å². The van der Waals surface area contributed by atoms with Crippen molar-refractivity contribution in [1.82, 2.24) is 19.9 Å². The number of likely N-dealkylation sites (tertiary alicyclic amines) is 1. The zero-order valence-electron chi connectivity index (χ0n) is 15.0. The van der Waals surface area contributed by atoms with Gasteiger partial charge in [0.15, 0.2) is 0 Å². The Morgan fingerprint density at radius 1 is 0.962 bits per heavy atom. The molecule has 136 valence electrons. The number of pyridine rings is 1. The van der Waals surface area contributed by atoms with Crippen LogP contribution in [0.3, 0.4) is 0 Å². The fourth-order valence-corrected chi connectivity index (χ4v) is 4.21. The van der Waals surface area contributed by atoms with E-state index in [1.54, 1.807) is 24.8 Å². The van der Waals surface area contributed by atoms with E-state index >= 15 is 0 Å². The summed E-state index contributed by atoms with van der Waals surface area (Å²) in [5.41, 5.74) is 1.05. The maximum atomic E-state index is 12.6. The second kappa shape index (κ2) is 7.81.